The average molecular weight is 166 g/mol. The molecule has 1 atom stereocenters. The molecule has 0 fully saturated rings. The largest absolute Gasteiger partial charge is 0.458 e. The fourth-order valence-electron chi connectivity index (χ4n) is 0.995. The summed E-state index contributed by atoms with van der Waals surface area (Å²) in [6, 6.07) is 3.56. The zero-order valence-corrected chi connectivity index (χ0v) is 7.76. The van der Waals surface area contributed by atoms with E-state index in [4.69, 9.17) is 4.42 Å². The van der Waals surface area contributed by atoms with Gasteiger partial charge in [-0.15, -0.1) is 0 Å². The minimum absolute atomic E-state index is 0.0653. The van der Waals surface area contributed by atoms with Crippen LogP contribution in [0.1, 0.15) is 36.6 Å². The standard InChI is InChI=1S/C10H14O2/c1-4-7(2)10(11)9-6-5-8(3)12-9/h5-7H,4H2,1-3H3. The first-order valence-electron chi connectivity index (χ1n) is 4.25. The molecule has 0 saturated heterocycles. The maximum absolute atomic E-state index is 11.5. The van der Waals surface area contributed by atoms with Crippen LogP contribution in [0.25, 0.3) is 0 Å². The number of Topliss-reactive ketones (excluding diaryl/α,β-unsaturated/α-hetero) is 1. The van der Waals surface area contributed by atoms with Crippen molar-refractivity contribution in [2.24, 2.45) is 5.92 Å². The van der Waals surface area contributed by atoms with Crippen molar-refractivity contribution in [2.75, 3.05) is 0 Å². The van der Waals surface area contributed by atoms with Gasteiger partial charge in [-0.2, -0.15) is 0 Å². The first-order valence-corrected chi connectivity index (χ1v) is 4.25. The van der Waals surface area contributed by atoms with Crippen molar-refractivity contribution < 1.29 is 9.21 Å². The van der Waals surface area contributed by atoms with Gasteiger partial charge >= 0.3 is 0 Å². The van der Waals surface area contributed by atoms with Crippen LogP contribution >= 0.6 is 0 Å². The van der Waals surface area contributed by atoms with Gasteiger partial charge in [0.05, 0.1) is 0 Å². The zero-order valence-electron chi connectivity index (χ0n) is 7.76. The minimum atomic E-state index is 0.0653. The highest BCUT2D eigenvalue weighted by Crippen LogP contribution is 2.14. The molecule has 66 valence electrons. The number of carbonyl (C=O) groups excluding carboxylic acids is 1. The maximum Gasteiger partial charge on any atom is 0.200 e. The van der Waals surface area contributed by atoms with E-state index in [0.29, 0.717) is 5.76 Å². The minimum Gasteiger partial charge on any atom is -0.458 e. The highest BCUT2D eigenvalue weighted by atomic mass is 16.3. The molecule has 0 spiro atoms. The van der Waals surface area contributed by atoms with Gasteiger partial charge in [0.15, 0.2) is 5.76 Å². The third-order valence-electron chi connectivity index (χ3n) is 2.04. The van der Waals surface area contributed by atoms with Gasteiger partial charge in [0, 0.05) is 5.92 Å². The van der Waals surface area contributed by atoms with Crippen LogP contribution in [-0.2, 0) is 0 Å². The molecule has 0 radical (unpaired) electrons. The van der Waals surface area contributed by atoms with Crippen molar-refractivity contribution in [3.63, 3.8) is 0 Å². The molecular formula is C10H14O2. The lowest BCUT2D eigenvalue weighted by Crippen LogP contribution is -2.08. The summed E-state index contributed by atoms with van der Waals surface area (Å²) >= 11 is 0. The SMILES string of the molecule is CCC(C)C(=O)c1ccc(C)o1. The molecule has 1 aromatic rings. The molecule has 0 aromatic carbocycles. The number of aryl methyl sites for hydroxylation is 1. The topological polar surface area (TPSA) is 30.2 Å². The second-order valence-electron chi connectivity index (χ2n) is 3.08. The second-order valence-corrected chi connectivity index (χ2v) is 3.08. The fourth-order valence-corrected chi connectivity index (χ4v) is 0.995. The molecule has 1 aromatic heterocycles. The summed E-state index contributed by atoms with van der Waals surface area (Å²) in [4.78, 5) is 11.5. The lowest BCUT2D eigenvalue weighted by atomic mass is 10.0. The van der Waals surface area contributed by atoms with E-state index < -0.39 is 0 Å². The van der Waals surface area contributed by atoms with E-state index in [1.165, 1.54) is 0 Å². The van der Waals surface area contributed by atoms with E-state index in [1.54, 1.807) is 6.07 Å². The predicted molar refractivity (Wildman–Crippen MR) is 47.2 cm³/mol. The van der Waals surface area contributed by atoms with Crippen molar-refractivity contribution in [2.45, 2.75) is 27.2 Å². The lowest BCUT2D eigenvalue weighted by molar-refractivity contribution is 0.0897. The van der Waals surface area contributed by atoms with Crippen LogP contribution in [0.5, 0.6) is 0 Å². The van der Waals surface area contributed by atoms with E-state index in [0.717, 1.165) is 12.2 Å². The van der Waals surface area contributed by atoms with Crippen molar-refractivity contribution in [1.82, 2.24) is 0 Å². The molecule has 1 unspecified atom stereocenters. The Bertz CT molecular complexity index is 273. The summed E-state index contributed by atoms with van der Waals surface area (Å²) < 4.78 is 5.22. The molecule has 0 aliphatic carbocycles. The van der Waals surface area contributed by atoms with Gasteiger partial charge < -0.3 is 4.42 Å². The number of rotatable bonds is 3. The Morgan fingerprint density at radius 2 is 2.25 bits per heavy atom. The van der Waals surface area contributed by atoms with Crippen LogP contribution in [0.15, 0.2) is 16.5 Å². The van der Waals surface area contributed by atoms with Crippen LogP contribution in [0.4, 0.5) is 0 Å². The Kier molecular flexibility index (Phi) is 2.69. The highest BCUT2D eigenvalue weighted by molar-refractivity contribution is 5.95. The van der Waals surface area contributed by atoms with E-state index in [-0.39, 0.29) is 11.7 Å². The van der Waals surface area contributed by atoms with E-state index in [1.807, 2.05) is 26.8 Å². The number of hydrogen-bond acceptors (Lipinski definition) is 2. The molecule has 0 saturated carbocycles. The molecule has 0 aliphatic heterocycles. The van der Waals surface area contributed by atoms with Gasteiger partial charge in [0.1, 0.15) is 5.76 Å². The molecular weight excluding hydrogens is 152 g/mol. The van der Waals surface area contributed by atoms with Gasteiger partial charge in [-0.3, -0.25) is 4.79 Å². The molecule has 0 amide bonds. The maximum atomic E-state index is 11.5. The average Bonchev–Trinajstić information content (AvgIpc) is 2.49. The summed E-state index contributed by atoms with van der Waals surface area (Å²) in [6.45, 7) is 5.76. The second kappa shape index (κ2) is 3.57. The Balaban J connectivity index is 2.78. The van der Waals surface area contributed by atoms with Gasteiger partial charge in [-0.1, -0.05) is 13.8 Å². The zero-order chi connectivity index (χ0) is 9.14. The Hall–Kier alpha value is -1.05. The van der Waals surface area contributed by atoms with Crippen LogP contribution in [0.3, 0.4) is 0 Å². The highest BCUT2D eigenvalue weighted by Gasteiger charge is 2.15. The van der Waals surface area contributed by atoms with Crippen molar-refractivity contribution in [3.8, 4) is 0 Å². The normalized spacial score (nSPS) is 12.9. The van der Waals surface area contributed by atoms with E-state index in [9.17, 15) is 4.79 Å². The summed E-state index contributed by atoms with van der Waals surface area (Å²) in [5.74, 6) is 1.45. The van der Waals surface area contributed by atoms with Crippen molar-refractivity contribution in [3.05, 3.63) is 23.7 Å². The Labute approximate surface area is 72.6 Å². The summed E-state index contributed by atoms with van der Waals surface area (Å²) in [7, 11) is 0. The smallest absolute Gasteiger partial charge is 0.200 e. The molecule has 2 heteroatoms. The van der Waals surface area contributed by atoms with Crippen LogP contribution in [0.2, 0.25) is 0 Å². The lowest BCUT2D eigenvalue weighted by Gasteiger charge is -2.02. The molecule has 1 rings (SSSR count). The molecule has 12 heavy (non-hydrogen) atoms. The van der Waals surface area contributed by atoms with E-state index >= 15 is 0 Å². The van der Waals surface area contributed by atoms with Gasteiger partial charge in [-0.25, -0.2) is 0 Å². The quantitative estimate of drug-likeness (QED) is 0.646. The third-order valence-corrected chi connectivity index (χ3v) is 2.04. The first-order chi connectivity index (χ1) is 5.65. The monoisotopic (exact) mass is 166 g/mol. The summed E-state index contributed by atoms with van der Waals surface area (Å²) in [5, 5.41) is 0. The first kappa shape index (κ1) is 9.04. The Morgan fingerprint density at radius 3 is 2.67 bits per heavy atom. The van der Waals surface area contributed by atoms with Gasteiger partial charge in [0.2, 0.25) is 5.78 Å². The molecule has 2 nitrogen and oxygen atoms in total. The third kappa shape index (κ3) is 1.76. The number of hydrogen-bond donors (Lipinski definition) is 0. The van der Waals surface area contributed by atoms with Crippen molar-refractivity contribution >= 4 is 5.78 Å². The Morgan fingerprint density at radius 1 is 1.58 bits per heavy atom. The molecule has 0 bridgehead atoms. The van der Waals surface area contributed by atoms with Gasteiger partial charge in [-0.05, 0) is 25.5 Å². The predicted octanol–water partition coefficient (Wildman–Crippen LogP) is 2.82. The number of furan rings is 1. The van der Waals surface area contributed by atoms with Crippen LogP contribution < -0.4 is 0 Å². The fraction of sp³-hybridized carbons (Fsp3) is 0.500. The van der Waals surface area contributed by atoms with Crippen molar-refractivity contribution in [1.29, 1.82) is 0 Å². The summed E-state index contributed by atoms with van der Waals surface area (Å²) in [5.41, 5.74) is 0. The summed E-state index contributed by atoms with van der Waals surface area (Å²) in [6.07, 6.45) is 0.860. The van der Waals surface area contributed by atoms with Crippen LogP contribution in [-0.4, -0.2) is 5.78 Å². The van der Waals surface area contributed by atoms with E-state index in [2.05, 4.69) is 0 Å². The van der Waals surface area contributed by atoms with Gasteiger partial charge in [0.25, 0.3) is 0 Å². The molecule has 0 N–H and O–H groups in total. The number of carbonyl (C=O) groups is 1. The molecule has 0 aliphatic rings. The number of ketones is 1. The molecule has 1 heterocycles. The van der Waals surface area contributed by atoms with Crippen LogP contribution in [0, 0.1) is 12.8 Å².